The number of rotatable bonds is 5. The van der Waals surface area contributed by atoms with Gasteiger partial charge in [0.05, 0.1) is 16.6 Å². The number of amides is 1. The second-order valence-corrected chi connectivity index (χ2v) is 7.79. The zero-order valence-corrected chi connectivity index (χ0v) is 17.5. The number of carbonyl (C=O) groups is 1. The van der Waals surface area contributed by atoms with Gasteiger partial charge in [-0.1, -0.05) is 18.2 Å². The number of H-pyrrole nitrogens is 1. The Hall–Kier alpha value is -3.50. The summed E-state index contributed by atoms with van der Waals surface area (Å²) >= 11 is 0. The van der Waals surface area contributed by atoms with Crippen LogP contribution in [0, 0.1) is 5.82 Å². The molecule has 174 valence electrons. The maximum absolute atomic E-state index is 14.2. The molecule has 1 aliphatic rings. The van der Waals surface area contributed by atoms with Crippen LogP contribution >= 0.6 is 0 Å². The van der Waals surface area contributed by atoms with Crippen molar-refractivity contribution in [2.45, 2.75) is 25.4 Å². The summed E-state index contributed by atoms with van der Waals surface area (Å²) in [5.74, 6) is -1.25. The van der Waals surface area contributed by atoms with Crippen molar-refractivity contribution in [3.05, 3.63) is 64.0 Å². The van der Waals surface area contributed by atoms with Crippen LogP contribution in [-0.4, -0.2) is 52.2 Å². The molecule has 1 aliphatic heterocycles. The molecule has 7 nitrogen and oxygen atoms in total. The fourth-order valence-corrected chi connectivity index (χ4v) is 3.91. The Morgan fingerprint density at radius 3 is 2.45 bits per heavy atom. The van der Waals surface area contributed by atoms with Crippen LogP contribution in [-0.2, 0) is 17.4 Å². The van der Waals surface area contributed by atoms with E-state index in [0.29, 0.717) is 49.3 Å². The number of carbonyl (C=O) groups excluding carboxylic acids is 1. The maximum Gasteiger partial charge on any atom is 0.417 e. The Morgan fingerprint density at radius 2 is 1.79 bits per heavy atom. The van der Waals surface area contributed by atoms with Gasteiger partial charge < -0.3 is 9.80 Å². The Kier molecular flexibility index (Phi) is 6.30. The van der Waals surface area contributed by atoms with Crippen molar-refractivity contribution in [2.24, 2.45) is 0 Å². The SMILES string of the molecule is O=C(CCCc1n[nH]c(=O)c2ccccc12)N1CCN(c2ncc(C(F)(F)F)cc2F)CC1. The molecule has 0 unspecified atom stereocenters. The van der Waals surface area contributed by atoms with Crippen LogP contribution in [0.15, 0.2) is 41.3 Å². The number of anilines is 1. The first-order valence-corrected chi connectivity index (χ1v) is 10.5. The largest absolute Gasteiger partial charge is 0.417 e. The van der Waals surface area contributed by atoms with Gasteiger partial charge in [-0.3, -0.25) is 9.59 Å². The number of pyridine rings is 1. The highest BCUT2D eigenvalue weighted by molar-refractivity contribution is 5.83. The fraction of sp³-hybridized carbons (Fsp3) is 0.364. The molecule has 1 amide bonds. The summed E-state index contributed by atoms with van der Waals surface area (Å²) in [6.07, 6.45) is -2.71. The first-order chi connectivity index (χ1) is 15.7. The highest BCUT2D eigenvalue weighted by Crippen LogP contribution is 2.31. The molecule has 0 saturated carbocycles. The standard InChI is InChI=1S/C22H21F4N5O2/c23-17-12-14(22(24,25)26)13-27-20(17)31-10-8-30(9-11-31)19(32)7-3-6-18-15-4-1-2-5-16(15)21(33)29-28-18/h1-2,4-5,12-13H,3,6-11H2,(H,29,33). The molecular weight excluding hydrogens is 442 g/mol. The third kappa shape index (κ3) is 4.96. The number of aromatic amines is 1. The van der Waals surface area contributed by atoms with Gasteiger partial charge in [0.25, 0.3) is 5.56 Å². The van der Waals surface area contributed by atoms with Crippen LogP contribution in [0.4, 0.5) is 23.4 Å². The number of aromatic nitrogens is 3. The predicted molar refractivity (Wildman–Crippen MR) is 113 cm³/mol. The van der Waals surface area contributed by atoms with Crippen molar-refractivity contribution >= 4 is 22.5 Å². The van der Waals surface area contributed by atoms with Crippen molar-refractivity contribution in [1.82, 2.24) is 20.1 Å². The number of piperazine rings is 1. The van der Waals surface area contributed by atoms with Gasteiger partial charge in [0.2, 0.25) is 5.91 Å². The number of nitrogens with one attached hydrogen (secondary N) is 1. The van der Waals surface area contributed by atoms with E-state index in [4.69, 9.17) is 0 Å². The van der Waals surface area contributed by atoms with E-state index in [-0.39, 0.29) is 36.8 Å². The normalized spacial score (nSPS) is 14.7. The van der Waals surface area contributed by atoms with Gasteiger partial charge in [-0.25, -0.2) is 14.5 Å². The number of aryl methyl sites for hydroxylation is 1. The Morgan fingerprint density at radius 1 is 1.09 bits per heavy atom. The predicted octanol–water partition coefficient (Wildman–Crippen LogP) is 3.15. The molecule has 0 radical (unpaired) electrons. The van der Waals surface area contributed by atoms with Gasteiger partial charge in [0.15, 0.2) is 11.6 Å². The Bertz CT molecular complexity index is 1220. The summed E-state index contributed by atoms with van der Waals surface area (Å²) in [7, 11) is 0. The van der Waals surface area contributed by atoms with Crippen molar-refractivity contribution < 1.29 is 22.4 Å². The quantitative estimate of drug-likeness (QED) is 0.588. The summed E-state index contributed by atoms with van der Waals surface area (Å²) in [6, 6.07) is 7.58. The molecule has 2 aromatic heterocycles. The van der Waals surface area contributed by atoms with Crippen molar-refractivity contribution in [2.75, 3.05) is 31.1 Å². The lowest BCUT2D eigenvalue weighted by Gasteiger charge is -2.35. The van der Waals surface area contributed by atoms with E-state index in [9.17, 15) is 27.2 Å². The number of hydrogen-bond donors (Lipinski definition) is 1. The van der Waals surface area contributed by atoms with E-state index in [2.05, 4.69) is 15.2 Å². The van der Waals surface area contributed by atoms with E-state index in [0.717, 1.165) is 5.39 Å². The minimum atomic E-state index is -4.66. The van der Waals surface area contributed by atoms with Gasteiger partial charge in [-0.15, -0.1) is 0 Å². The van der Waals surface area contributed by atoms with Gasteiger partial charge in [-0.05, 0) is 25.0 Å². The lowest BCUT2D eigenvalue weighted by molar-refractivity contribution is -0.138. The molecule has 3 heterocycles. The molecule has 1 saturated heterocycles. The van der Waals surface area contributed by atoms with Gasteiger partial charge in [0, 0.05) is 44.2 Å². The molecule has 4 rings (SSSR count). The minimum Gasteiger partial charge on any atom is -0.351 e. The van der Waals surface area contributed by atoms with Crippen molar-refractivity contribution in [3.8, 4) is 0 Å². The molecule has 1 aromatic carbocycles. The highest BCUT2D eigenvalue weighted by atomic mass is 19.4. The van der Waals surface area contributed by atoms with Gasteiger partial charge >= 0.3 is 6.18 Å². The maximum atomic E-state index is 14.2. The summed E-state index contributed by atoms with van der Waals surface area (Å²) in [5.41, 5.74) is -0.684. The number of alkyl halides is 3. The molecule has 1 fully saturated rings. The number of halogens is 4. The molecule has 0 spiro atoms. The number of nitrogens with zero attached hydrogens (tertiary/aromatic N) is 4. The molecule has 33 heavy (non-hydrogen) atoms. The topological polar surface area (TPSA) is 82.2 Å². The summed E-state index contributed by atoms with van der Waals surface area (Å²) in [6.45, 7) is 1.18. The van der Waals surface area contributed by atoms with E-state index < -0.39 is 17.6 Å². The summed E-state index contributed by atoms with van der Waals surface area (Å²) in [5, 5.41) is 7.89. The molecule has 3 aromatic rings. The highest BCUT2D eigenvalue weighted by Gasteiger charge is 2.33. The zero-order chi connectivity index (χ0) is 23.6. The molecule has 0 bridgehead atoms. The first kappa shape index (κ1) is 22.7. The molecule has 11 heteroatoms. The summed E-state index contributed by atoms with van der Waals surface area (Å²) < 4.78 is 52.3. The molecule has 1 N–H and O–H groups in total. The monoisotopic (exact) mass is 463 g/mol. The average molecular weight is 463 g/mol. The fourth-order valence-electron chi connectivity index (χ4n) is 3.91. The Balaban J connectivity index is 1.31. The zero-order valence-electron chi connectivity index (χ0n) is 17.5. The van der Waals surface area contributed by atoms with E-state index >= 15 is 0 Å². The molecule has 0 aliphatic carbocycles. The number of hydrogen-bond acceptors (Lipinski definition) is 5. The molecular formula is C22H21F4N5O2. The second kappa shape index (κ2) is 9.16. The lowest BCUT2D eigenvalue weighted by atomic mass is 10.1. The minimum absolute atomic E-state index is 0.0655. The number of benzene rings is 1. The van der Waals surface area contributed by atoms with Crippen LogP contribution in [0.2, 0.25) is 0 Å². The van der Waals surface area contributed by atoms with Gasteiger partial charge in [0.1, 0.15) is 0 Å². The van der Waals surface area contributed by atoms with Crippen LogP contribution in [0.5, 0.6) is 0 Å². The van der Waals surface area contributed by atoms with E-state index in [1.54, 1.807) is 17.0 Å². The van der Waals surface area contributed by atoms with Crippen molar-refractivity contribution in [3.63, 3.8) is 0 Å². The van der Waals surface area contributed by atoms with Crippen LogP contribution in [0.1, 0.15) is 24.1 Å². The smallest absolute Gasteiger partial charge is 0.351 e. The third-order valence-electron chi connectivity index (χ3n) is 5.66. The summed E-state index contributed by atoms with van der Waals surface area (Å²) in [4.78, 5) is 31.3. The first-order valence-electron chi connectivity index (χ1n) is 10.5. The van der Waals surface area contributed by atoms with E-state index in [1.165, 1.54) is 4.90 Å². The Labute approximate surface area is 186 Å². The lowest BCUT2D eigenvalue weighted by Crippen LogP contribution is -2.49. The average Bonchev–Trinajstić information content (AvgIpc) is 2.80. The van der Waals surface area contributed by atoms with Crippen molar-refractivity contribution in [1.29, 1.82) is 0 Å². The second-order valence-electron chi connectivity index (χ2n) is 7.79. The third-order valence-corrected chi connectivity index (χ3v) is 5.66. The van der Waals surface area contributed by atoms with E-state index in [1.807, 2.05) is 12.1 Å². The number of fused-ring (bicyclic) bond motifs is 1. The van der Waals surface area contributed by atoms with Crippen LogP contribution in [0.25, 0.3) is 10.8 Å². The van der Waals surface area contributed by atoms with Gasteiger partial charge in [-0.2, -0.15) is 18.3 Å². The molecule has 0 atom stereocenters. The van der Waals surface area contributed by atoms with Crippen LogP contribution < -0.4 is 10.5 Å². The van der Waals surface area contributed by atoms with Crippen LogP contribution in [0.3, 0.4) is 0 Å².